The summed E-state index contributed by atoms with van der Waals surface area (Å²) >= 11 is 4.78. The van der Waals surface area contributed by atoms with Gasteiger partial charge in [0, 0.05) is 18.8 Å². The lowest BCUT2D eigenvalue weighted by Gasteiger charge is -2.05. The fraction of sp³-hybridized carbons (Fsp3) is 0.273. The topological polar surface area (TPSA) is 76.1 Å². The Morgan fingerprint density at radius 1 is 1.53 bits per heavy atom. The minimum absolute atomic E-state index is 0.181. The minimum Gasteiger partial charge on any atom is -0.396 e. The van der Waals surface area contributed by atoms with Crippen molar-refractivity contribution in [3.63, 3.8) is 0 Å². The van der Waals surface area contributed by atoms with Crippen LogP contribution in [0.25, 0.3) is 11.0 Å². The predicted octanol–water partition coefficient (Wildman–Crippen LogP) is 1.07. The zero-order valence-electron chi connectivity index (χ0n) is 9.26. The molecule has 1 aromatic carbocycles. The molecule has 0 aliphatic heterocycles. The molecular formula is C11H14N4OS. The number of hydrogen-bond acceptors (Lipinski definition) is 3. The summed E-state index contributed by atoms with van der Waals surface area (Å²) in [6, 6.07) is 5.75. The van der Waals surface area contributed by atoms with E-state index < -0.39 is 0 Å². The zero-order valence-corrected chi connectivity index (χ0v) is 10.1. The number of hydrogen-bond donors (Lipinski definition) is 3. The highest BCUT2D eigenvalue weighted by Gasteiger charge is 2.03. The number of anilines is 1. The summed E-state index contributed by atoms with van der Waals surface area (Å²) in [6.45, 7) is 0.940. The molecule has 0 spiro atoms. The molecule has 0 aliphatic rings. The highest BCUT2D eigenvalue weighted by atomic mass is 32.1. The van der Waals surface area contributed by atoms with Crippen molar-refractivity contribution in [1.82, 2.24) is 9.55 Å². The standard InChI is InChI=1S/C11H14N4OS/c12-11(17)14-8-2-3-10-9(6-8)13-7-15(10)4-1-5-16/h2-3,6-7,16H,1,4-5H2,(H3,12,14,17). The van der Waals surface area contributed by atoms with Crippen LogP contribution < -0.4 is 11.1 Å². The first kappa shape index (κ1) is 11.8. The van der Waals surface area contributed by atoms with Crippen molar-refractivity contribution in [1.29, 1.82) is 0 Å². The van der Waals surface area contributed by atoms with Gasteiger partial charge in [0.2, 0.25) is 0 Å². The first-order valence-electron chi connectivity index (χ1n) is 5.33. The molecule has 0 atom stereocenters. The van der Waals surface area contributed by atoms with Crippen LogP contribution in [0.5, 0.6) is 0 Å². The molecule has 0 radical (unpaired) electrons. The Hall–Kier alpha value is -1.66. The van der Waals surface area contributed by atoms with E-state index in [-0.39, 0.29) is 11.7 Å². The lowest BCUT2D eigenvalue weighted by molar-refractivity contribution is 0.280. The van der Waals surface area contributed by atoms with Gasteiger partial charge < -0.3 is 20.7 Å². The van der Waals surface area contributed by atoms with Gasteiger partial charge >= 0.3 is 0 Å². The van der Waals surface area contributed by atoms with Crippen LogP contribution in [0.3, 0.4) is 0 Å². The number of thiocarbonyl (C=S) groups is 1. The first-order chi connectivity index (χ1) is 8.20. The summed E-state index contributed by atoms with van der Waals surface area (Å²) in [5, 5.41) is 11.9. The van der Waals surface area contributed by atoms with E-state index in [1.165, 1.54) is 0 Å². The van der Waals surface area contributed by atoms with E-state index in [0.717, 1.165) is 29.7 Å². The number of aliphatic hydroxyl groups excluding tert-OH is 1. The zero-order chi connectivity index (χ0) is 12.3. The molecule has 1 heterocycles. The van der Waals surface area contributed by atoms with Crippen molar-refractivity contribution >= 4 is 34.1 Å². The fourth-order valence-electron chi connectivity index (χ4n) is 1.70. The highest BCUT2D eigenvalue weighted by Crippen LogP contribution is 2.18. The minimum atomic E-state index is 0.181. The van der Waals surface area contributed by atoms with E-state index >= 15 is 0 Å². The maximum absolute atomic E-state index is 8.81. The summed E-state index contributed by atoms with van der Waals surface area (Å²) in [6.07, 6.45) is 2.49. The molecule has 90 valence electrons. The van der Waals surface area contributed by atoms with Crippen molar-refractivity contribution in [2.75, 3.05) is 11.9 Å². The van der Waals surface area contributed by atoms with Gasteiger partial charge in [-0.25, -0.2) is 4.98 Å². The van der Waals surface area contributed by atoms with Crippen LogP contribution in [0.4, 0.5) is 5.69 Å². The normalized spacial score (nSPS) is 10.6. The van der Waals surface area contributed by atoms with Crippen LogP contribution in [0.2, 0.25) is 0 Å². The average molecular weight is 250 g/mol. The molecule has 2 aromatic rings. The molecule has 1 aromatic heterocycles. The number of benzene rings is 1. The van der Waals surface area contributed by atoms with Crippen molar-refractivity contribution in [3.8, 4) is 0 Å². The van der Waals surface area contributed by atoms with E-state index in [4.69, 9.17) is 23.1 Å². The molecule has 5 nitrogen and oxygen atoms in total. The molecule has 0 saturated heterocycles. The van der Waals surface area contributed by atoms with Crippen molar-refractivity contribution in [2.45, 2.75) is 13.0 Å². The number of nitrogens with one attached hydrogen (secondary N) is 1. The van der Waals surface area contributed by atoms with Gasteiger partial charge in [-0.3, -0.25) is 0 Å². The third kappa shape index (κ3) is 2.72. The van der Waals surface area contributed by atoms with Crippen molar-refractivity contribution in [2.24, 2.45) is 5.73 Å². The molecule has 0 fully saturated rings. The number of aromatic nitrogens is 2. The van der Waals surface area contributed by atoms with Crippen LogP contribution in [0, 0.1) is 0 Å². The third-order valence-corrected chi connectivity index (χ3v) is 2.55. The van der Waals surface area contributed by atoms with Crippen LogP contribution in [0.1, 0.15) is 6.42 Å². The van der Waals surface area contributed by atoms with Gasteiger partial charge in [-0.2, -0.15) is 0 Å². The van der Waals surface area contributed by atoms with Crippen LogP contribution in [-0.2, 0) is 6.54 Å². The summed E-state index contributed by atoms with van der Waals surface area (Å²) in [7, 11) is 0. The highest BCUT2D eigenvalue weighted by molar-refractivity contribution is 7.80. The number of aliphatic hydroxyl groups is 1. The van der Waals surface area contributed by atoms with Crippen molar-refractivity contribution in [3.05, 3.63) is 24.5 Å². The van der Waals surface area contributed by atoms with Crippen LogP contribution in [-0.4, -0.2) is 26.4 Å². The molecule has 0 aliphatic carbocycles. The maximum atomic E-state index is 8.81. The lowest BCUT2D eigenvalue weighted by atomic mass is 10.2. The summed E-state index contributed by atoms with van der Waals surface area (Å²) in [5.74, 6) is 0. The summed E-state index contributed by atoms with van der Waals surface area (Å²) in [4.78, 5) is 4.30. The Balaban J connectivity index is 2.28. The van der Waals surface area contributed by atoms with Crippen LogP contribution in [0.15, 0.2) is 24.5 Å². The Bertz CT molecular complexity index is 537. The summed E-state index contributed by atoms with van der Waals surface area (Å²) < 4.78 is 2.01. The van der Waals surface area contributed by atoms with Gasteiger partial charge in [-0.1, -0.05) is 0 Å². The predicted molar refractivity (Wildman–Crippen MR) is 71.8 cm³/mol. The number of imidazole rings is 1. The van der Waals surface area contributed by atoms with E-state index in [2.05, 4.69) is 10.3 Å². The molecule has 6 heteroatoms. The monoisotopic (exact) mass is 250 g/mol. The molecular weight excluding hydrogens is 236 g/mol. The lowest BCUT2D eigenvalue weighted by Crippen LogP contribution is -2.18. The molecule has 0 amide bonds. The number of aryl methyl sites for hydroxylation is 1. The second-order valence-corrected chi connectivity index (χ2v) is 4.15. The van der Waals surface area contributed by atoms with Gasteiger partial charge in [0.15, 0.2) is 5.11 Å². The maximum Gasteiger partial charge on any atom is 0.168 e. The molecule has 2 rings (SSSR count). The fourth-order valence-corrected chi connectivity index (χ4v) is 1.82. The number of fused-ring (bicyclic) bond motifs is 1. The van der Waals surface area contributed by atoms with Gasteiger partial charge in [0.05, 0.1) is 17.4 Å². The Labute approximate surface area is 104 Å². The van der Waals surface area contributed by atoms with Gasteiger partial charge in [-0.05, 0) is 36.8 Å². The Morgan fingerprint density at radius 2 is 2.35 bits per heavy atom. The molecule has 0 unspecified atom stereocenters. The number of nitrogens with zero attached hydrogens (tertiary/aromatic N) is 2. The Morgan fingerprint density at radius 3 is 3.06 bits per heavy atom. The SMILES string of the molecule is NC(=S)Nc1ccc2c(c1)ncn2CCCO. The van der Waals surface area contributed by atoms with Gasteiger partial charge in [0.25, 0.3) is 0 Å². The second kappa shape index (κ2) is 5.11. The van der Waals surface area contributed by atoms with Crippen LogP contribution >= 0.6 is 12.2 Å². The van der Waals surface area contributed by atoms with E-state index in [1.54, 1.807) is 6.33 Å². The first-order valence-corrected chi connectivity index (χ1v) is 5.74. The second-order valence-electron chi connectivity index (χ2n) is 3.71. The number of rotatable bonds is 4. The van der Waals surface area contributed by atoms with E-state index in [9.17, 15) is 0 Å². The Kier molecular flexibility index (Phi) is 3.55. The van der Waals surface area contributed by atoms with E-state index in [0.29, 0.717) is 0 Å². The van der Waals surface area contributed by atoms with E-state index in [1.807, 2.05) is 22.8 Å². The third-order valence-electron chi connectivity index (χ3n) is 2.45. The molecule has 4 N–H and O–H groups in total. The van der Waals surface area contributed by atoms with Crippen molar-refractivity contribution < 1.29 is 5.11 Å². The quantitative estimate of drug-likeness (QED) is 0.708. The molecule has 0 saturated carbocycles. The summed E-state index contributed by atoms with van der Waals surface area (Å²) in [5.41, 5.74) is 8.15. The van der Waals surface area contributed by atoms with Gasteiger partial charge in [0.1, 0.15) is 0 Å². The molecule has 17 heavy (non-hydrogen) atoms. The number of nitrogens with two attached hydrogens (primary N) is 1. The smallest absolute Gasteiger partial charge is 0.168 e. The average Bonchev–Trinajstić information content (AvgIpc) is 2.68. The van der Waals surface area contributed by atoms with Gasteiger partial charge in [-0.15, -0.1) is 0 Å². The molecule has 0 bridgehead atoms. The largest absolute Gasteiger partial charge is 0.396 e.